The number of amides is 1. The molecule has 0 saturated heterocycles. The molecule has 108 valence electrons. The molecule has 3 rings (SSSR count). The van der Waals surface area contributed by atoms with Crippen LogP contribution in [0, 0.1) is 6.92 Å². The maximum absolute atomic E-state index is 12.1. The second-order valence-corrected chi connectivity index (χ2v) is 6.30. The topological polar surface area (TPSA) is 66.6 Å². The molecule has 2 aromatic rings. The molecule has 0 spiro atoms. The molecule has 6 heteroatoms. The van der Waals surface area contributed by atoms with Gasteiger partial charge in [0.1, 0.15) is 0 Å². The smallest absolute Gasteiger partial charge is 0.226 e. The van der Waals surface area contributed by atoms with Crippen molar-refractivity contribution in [1.82, 2.24) is 14.7 Å². The van der Waals surface area contributed by atoms with E-state index in [1.807, 2.05) is 22.9 Å². The van der Waals surface area contributed by atoms with Crippen molar-refractivity contribution in [2.75, 3.05) is 0 Å². The summed E-state index contributed by atoms with van der Waals surface area (Å²) in [4.78, 5) is 17.4. The Labute approximate surface area is 121 Å². The lowest BCUT2D eigenvalue weighted by Gasteiger charge is -2.28. The monoisotopic (exact) mass is 293 g/mol. The van der Waals surface area contributed by atoms with E-state index in [1.165, 1.54) is 0 Å². The summed E-state index contributed by atoms with van der Waals surface area (Å²) in [6.45, 7) is 1.95. The highest BCUT2D eigenvalue weighted by molar-refractivity contribution is 7.15. The van der Waals surface area contributed by atoms with Gasteiger partial charge in [0.25, 0.3) is 0 Å². The van der Waals surface area contributed by atoms with Crippen molar-refractivity contribution in [1.29, 1.82) is 0 Å². The van der Waals surface area contributed by atoms with Gasteiger partial charge in [-0.2, -0.15) is 0 Å². The van der Waals surface area contributed by atoms with Gasteiger partial charge < -0.3 is 10.4 Å². The maximum atomic E-state index is 12.1. The summed E-state index contributed by atoms with van der Waals surface area (Å²) in [5, 5.41) is 14.8. The Morgan fingerprint density at radius 2 is 2.35 bits per heavy atom. The molecule has 0 bridgehead atoms. The predicted octanol–water partition coefficient (Wildman–Crippen LogP) is 1.67. The largest absolute Gasteiger partial charge is 0.391 e. The summed E-state index contributed by atoms with van der Waals surface area (Å²) in [6, 6.07) is -0.0881. The lowest BCUT2D eigenvalue weighted by molar-refractivity contribution is -0.122. The van der Waals surface area contributed by atoms with Crippen molar-refractivity contribution < 1.29 is 9.90 Å². The van der Waals surface area contributed by atoms with Gasteiger partial charge in [-0.1, -0.05) is 12.8 Å². The third-order valence-electron chi connectivity index (χ3n) is 3.82. The minimum absolute atomic E-state index is 0.0259. The zero-order valence-corrected chi connectivity index (χ0v) is 12.3. The van der Waals surface area contributed by atoms with Crippen molar-refractivity contribution in [3.63, 3.8) is 0 Å². The molecule has 20 heavy (non-hydrogen) atoms. The van der Waals surface area contributed by atoms with Crippen molar-refractivity contribution >= 4 is 22.2 Å². The Hall–Kier alpha value is -1.40. The molecule has 2 atom stereocenters. The van der Waals surface area contributed by atoms with Gasteiger partial charge in [-0.3, -0.25) is 9.20 Å². The first-order chi connectivity index (χ1) is 9.63. The van der Waals surface area contributed by atoms with Gasteiger partial charge in [0, 0.05) is 17.3 Å². The first kappa shape index (κ1) is 13.6. The number of aromatic nitrogens is 2. The fourth-order valence-electron chi connectivity index (χ4n) is 2.77. The van der Waals surface area contributed by atoms with Gasteiger partial charge in [0.15, 0.2) is 4.96 Å². The molecule has 1 aliphatic rings. The van der Waals surface area contributed by atoms with Crippen LogP contribution >= 0.6 is 11.3 Å². The summed E-state index contributed by atoms with van der Waals surface area (Å²) >= 11 is 1.55. The van der Waals surface area contributed by atoms with Crippen LogP contribution in [0.3, 0.4) is 0 Å². The Balaban J connectivity index is 1.66. The minimum Gasteiger partial charge on any atom is -0.391 e. The number of imidazole rings is 1. The van der Waals surface area contributed by atoms with Gasteiger partial charge in [0.2, 0.25) is 5.91 Å². The number of carbonyl (C=O) groups is 1. The van der Waals surface area contributed by atoms with Crippen molar-refractivity contribution in [3.8, 4) is 0 Å². The number of nitrogens with zero attached hydrogens (tertiary/aromatic N) is 2. The predicted molar refractivity (Wildman–Crippen MR) is 77.9 cm³/mol. The van der Waals surface area contributed by atoms with Gasteiger partial charge >= 0.3 is 0 Å². The van der Waals surface area contributed by atoms with Crippen LogP contribution in [0.2, 0.25) is 0 Å². The van der Waals surface area contributed by atoms with E-state index in [0.29, 0.717) is 6.42 Å². The fraction of sp³-hybridized carbons (Fsp3) is 0.571. The first-order valence-electron chi connectivity index (χ1n) is 7.03. The lowest BCUT2D eigenvalue weighted by atomic mass is 9.92. The number of nitrogens with one attached hydrogen (secondary N) is 1. The summed E-state index contributed by atoms with van der Waals surface area (Å²) in [6.07, 6.45) is 5.66. The number of thiazole rings is 1. The van der Waals surface area contributed by atoms with Crippen LogP contribution in [0.25, 0.3) is 4.96 Å². The number of hydrogen-bond acceptors (Lipinski definition) is 4. The molecule has 0 aliphatic heterocycles. The highest BCUT2D eigenvalue weighted by atomic mass is 32.1. The van der Waals surface area contributed by atoms with E-state index in [9.17, 15) is 9.90 Å². The van der Waals surface area contributed by atoms with Crippen LogP contribution < -0.4 is 5.32 Å². The summed E-state index contributed by atoms with van der Waals surface area (Å²) < 4.78 is 1.97. The van der Waals surface area contributed by atoms with Gasteiger partial charge in [-0.15, -0.1) is 11.3 Å². The highest BCUT2D eigenvalue weighted by Gasteiger charge is 2.24. The van der Waals surface area contributed by atoms with Gasteiger partial charge in [-0.05, 0) is 19.8 Å². The van der Waals surface area contributed by atoms with E-state index in [1.54, 1.807) is 11.3 Å². The summed E-state index contributed by atoms with van der Waals surface area (Å²) in [5.41, 5.74) is 1.91. The molecule has 1 amide bonds. The zero-order valence-electron chi connectivity index (χ0n) is 11.5. The van der Waals surface area contributed by atoms with E-state index in [4.69, 9.17) is 0 Å². The first-order valence-corrected chi connectivity index (χ1v) is 7.91. The van der Waals surface area contributed by atoms with Crippen LogP contribution in [0.5, 0.6) is 0 Å². The van der Waals surface area contributed by atoms with Gasteiger partial charge in [0.05, 0.1) is 24.3 Å². The molecule has 1 fully saturated rings. The molecule has 1 saturated carbocycles. The molecular weight excluding hydrogens is 274 g/mol. The van der Waals surface area contributed by atoms with Crippen LogP contribution in [0.1, 0.15) is 37.1 Å². The van der Waals surface area contributed by atoms with E-state index in [2.05, 4.69) is 10.3 Å². The Kier molecular flexibility index (Phi) is 3.76. The molecule has 2 aromatic heterocycles. The van der Waals surface area contributed by atoms with E-state index >= 15 is 0 Å². The average molecular weight is 293 g/mol. The number of hydrogen-bond donors (Lipinski definition) is 2. The van der Waals surface area contributed by atoms with E-state index in [-0.39, 0.29) is 11.9 Å². The molecule has 1 aliphatic carbocycles. The molecular formula is C14H19N3O2S. The average Bonchev–Trinajstić information content (AvgIpc) is 2.93. The zero-order chi connectivity index (χ0) is 14.1. The number of fused-ring (bicyclic) bond motifs is 1. The number of aryl methyl sites for hydroxylation is 1. The summed E-state index contributed by atoms with van der Waals surface area (Å²) in [7, 11) is 0. The lowest BCUT2D eigenvalue weighted by Crippen LogP contribution is -2.45. The standard InChI is InChI=1S/C14H19N3O2S/c1-9-7-17-10(8-20-14(17)15-9)6-13(19)16-11-4-2-3-5-12(11)18/h7-8,11-12,18H,2-6H2,1H3,(H,16,19)/t11-,12-/m1/s1. The molecule has 0 unspecified atom stereocenters. The molecule has 0 aromatic carbocycles. The van der Waals surface area contributed by atoms with Gasteiger partial charge in [-0.25, -0.2) is 4.98 Å². The Morgan fingerprint density at radius 3 is 3.15 bits per heavy atom. The summed E-state index contributed by atoms with van der Waals surface area (Å²) in [5.74, 6) is -0.0259. The Morgan fingerprint density at radius 1 is 1.55 bits per heavy atom. The fourth-order valence-corrected chi connectivity index (χ4v) is 3.69. The maximum Gasteiger partial charge on any atom is 0.226 e. The Bertz CT molecular complexity index is 619. The number of aliphatic hydroxyl groups excluding tert-OH is 1. The number of aliphatic hydroxyl groups is 1. The number of rotatable bonds is 3. The number of carbonyl (C=O) groups excluding carboxylic acids is 1. The minimum atomic E-state index is -0.398. The van der Waals surface area contributed by atoms with E-state index < -0.39 is 6.10 Å². The molecule has 0 radical (unpaired) electrons. The third-order valence-corrected chi connectivity index (χ3v) is 4.71. The van der Waals surface area contributed by atoms with Crippen molar-refractivity contribution in [2.24, 2.45) is 0 Å². The van der Waals surface area contributed by atoms with Crippen LogP contribution in [0.4, 0.5) is 0 Å². The molecule has 2 N–H and O–H groups in total. The second kappa shape index (κ2) is 5.54. The van der Waals surface area contributed by atoms with Crippen molar-refractivity contribution in [2.45, 2.75) is 51.2 Å². The second-order valence-electron chi connectivity index (χ2n) is 5.46. The van der Waals surface area contributed by atoms with Crippen molar-refractivity contribution in [3.05, 3.63) is 23.0 Å². The van der Waals surface area contributed by atoms with E-state index in [0.717, 1.165) is 42.0 Å². The SMILES string of the molecule is Cc1cn2c(CC(=O)N[C@@H]3CCCC[C@H]3O)csc2n1. The molecule has 2 heterocycles. The molecule has 5 nitrogen and oxygen atoms in total. The van der Waals surface area contributed by atoms with Crippen LogP contribution in [0.15, 0.2) is 11.6 Å². The quantitative estimate of drug-likeness (QED) is 0.904. The highest BCUT2D eigenvalue weighted by Crippen LogP contribution is 2.19. The van der Waals surface area contributed by atoms with Crippen LogP contribution in [-0.2, 0) is 11.2 Å². The third kappa shape index (κ3) is 2.71. The van der Waals surface area contributed by atoms with Crippen LogP contribution in [-0.4, -0.2) is 32.5 Å². The normalized spacial score (nSPS) is 23.1.